The molecule has 0 aromatic heterocycles. The second kappa shape index (κ2) is 9.03. The Bertz CT molecular complexity index is 1060. The highest BCUT2D eigenvalue weighted by Gasteiger charge is 2.32. The number of rotatable bonds is 3. The maximum absolute atomic E-state index is 14.0. The van der Waals surface area contributed by atoms with Gasteiger partial charge in [-0.05, 0) is 51.7 Å². The molecule has 4 N–H and O–H groups in total. The fraction of sp³-hybridized carbons (Fsp3) is 0.435. The molecule has 1 aromatic carbocycles. The molecule has 32 heavy (non-hydrogen) atoms. The second-order valence-corrected chi connectivity index (χ2v) is 8.90. The molecule has 0 bridgehead atoms. The van der Waals surface area contributed by atoms with Crippen LogP contribution in [0.1, 0.15) is 49.9 Å². The van der Waals surface area contributed by atoms with Gasteiger partial charge >= 0.3 is 0 Å². The fourth-order valence-corrected chi connectivity index (χ4v) is 4.30. The highest BCUT2D eigenvalue weighted by molar-refractivity contribution is 6.43. The van der Waals surface area contributed by atoms with E-state index in [0.29, 0.717) is 27.8 Å². The summed E-state index contributed by atoms with van der Waals surface area (Å²) >= 11 is 6.20. The molecule has 1 saturated carbocycles. The lowest BCUT2D eigenvalue weighted by Gasteiger charge is -2.28. The van der Waals surface area contributed by atoms with Gasteiger partial charge in [-0.2, -0.15) is 0 Å². The number of nitrogens with zero attached hydrogens (tertiary/aromatic N) is 2. The van der Waals surface area contributed by atoms with Crippen molar-refractivity contribution in [2.24, 2.45) is 10.7 Å². The molecule has 2 heterocycles. The van der Waals surface area contributed by atoms with Crippen LogP contribution in [0.5, 0.6) is 5.75 Å². The first-order chi connectivity index (χ1) is 15.2. The van der Waals surface area contributed by atoms with Gasteiger partial charge in [0.2, 0.25) is 0 Å². The number of allylic oxidation sites excluding steroid dienone is 2. The summed E-state index contributed by atoms with van der Waals surface area (Å²) in [5.41, 5.74) is 8.59. The Kier molecular flexibility index (Phi) is 6.35. The normalized spacial score (nSPS) is 26.2. The minimum atomic E-state index is -0.462. The number of likely N-dealkylation sites (tertiary alicyclic amines) is 1. The number of carbonyl (C=O) groups is 1. The van der Waals surface area contributed by atoms with E-state index >= 15 is 0 Å². The number of aliphatic imine (C=N–C) groups is 1. The number of nitrogens with two attached hydrogens (primary N) is 1. The smallest absolute Gasteiger partial charge is 0.258 e. The number of halogens is 2. The number of benzene rings is 1. The Balaban J connectivity index is 1.55. The average molecular weight is 460 g/mol. The van der Waals surface area contributed by atoms with Gasteiger partial charge in [0.05, 0.1) is 41.2 Å². The largest absolute Gasteiger partial charge is 0.489 e. The molecule has 170 valence electrons. The van der Waals surface area contributed by atoms with Crippen LogP contribution >= 0.6 is 11.6 Å². The molecule has 2 fully saturated rings. The number of amides is 1. The maximum atomic E-state index is 14.0. The Morgan fingerprint density at radius 2 is 2.00 bits per heavy atom. The molecule has 0 unspecified atom stereocenters. The summed E-state index contributed by atoms with van der Waals surface area (Å²) in [6.07, 6.45) is 3.13. The molecule has 0 radical (unpaired) electrons. The Morgan fingerprint density at radius 1 is 1.28 bits per heavy atom. The van der Waals surface area contributed by atoms with E-state index in [0.717, 1.165) is 31.4 Å². The minimum absolute atomic E-state index is 0.0963. The summed E-state index contributed by atoms with van der Waals surface area (Å²) in [7, 11) is 0. The summed E-state index contributed by atoms with van der Waals surface area (Å²) in [4.78, 5) is 19.3. The van der Waals surface area contributed by atoms with Gasteiger partial charge in [-0.25, -0.2) is 9.38 Å². The minimum Gasteiger partial charge on any atom is -0.489 e. The molecular weight excluding hydrogens is 433 g/mol. The molecule has 1 aromatic rings. The predicted octanol–water partition coefficient (Wildman–Crippen LogP) is 3.70. The van der Waals surface area contributed by atoms with Crippen molar-refractivity contribution in [3.63, 3.8) is 0 Å². The Labute approximate surface area is 191 Å². The van der Waals surface area contributed by atoms with Crippen LogP contribution in [-0.2, 0) is 0 Å². The van der Waals surface area contributed by atoms with Crippen molar-refractivity contribution < 1.29 is 13.9 Å². The molecule has 3 aliphatic rings. The van der Waals surface area contributed by atoms with Crippen molar-refractivity contribution in [3.05, 3.63) is 51.7 Å². The van der Waals surface area contributed by atoms with Gasteiger partial charge in [0, 0.05) is 23.4 Å². The van der Waals surface area contributed by atoms with Gasteiger partial charge < -0.3 is 26.1 Å². The third kappa shape index (κ3) is 4.56. The molecular formula is C23H27ClFN5O2. The van der Waals surface area contributed by atoms with Crippen LogP contribution in [-0.4, -0.2) is 47.5 Å². The highest BCUT2D eigenvalue weighted by Crippen LogP contribution is 2.30. The standard InChI is InChI=1S/C23H27ClFN5O2/c1-12-21(24)13(2)29-22(28-12)18-10-30(11-19(18)27)23(31)17-8-3-14(25)9-20(17)32-16-6-4-15(26)5-7-16/h3,8-9,15-16,27-28H,4-7,10-11,26H2,1-2H3/b22-18+,27-19?/t15-,16+. The monoisotopic (exact) mass is 459 g/mol. The second-order valence-electron chi connectivity index (χ2n) is 8.52. The lowest BCUT2D eigenvalue weighted by molar-refractivity contribution is 0.0791. The summed E-state index contributed by atoms with van der Waals surface area (Å²) in [6, 6.07) is 4.13. The quantitative estimate of drug-likeness (QED) is 0.641. The van der Waals surface area contributed by atoms with Crippen molar-refractivity contribution in [3.8, 4) is 5.75 Å². The Hall–Kier alpha value is -2.71. The Morgan fingerprint density at radius 3 is 2.69 bits per heavy atom. The number of hydrogen-bond acceptors (Lipinski definition) is 6. The number of hydrogen-bond donors (Lipinski definition) is 3. The zero-order chi connectivity index (χ0) is 23.0. The van der Waals surface area contributed by atoms with Crippen molar-refractivity contribution >= 4 is 28.9 Å². The summed E-state index contributed by atoms with van der Waals surface area (Å²) < 4.78 is 20.0. The van der Waals surface area contributed by atoms with Crippen LogP contribution in [0.2, 0.25) is 0 Å². The van der Waals surface area contributed by atoms with E-state index in [9.17, 15) is 9.18 Å². The van der Waals surface area contributed by atoms with Crippen molar-refractivity contribution in [2.45, 2.75) is 51.7 Å². The lowest BCUT2D eigenvalue weighted by atomic mass is 9.93. The third-order valence-electron chi connectivity index (χ3n) is 6.05. The van der Waals surface area contributed by atoms with Crippen LogP contribution in [0.4, 0.5) is 4.39 Å². The van der Waals surface area contributed by atoms with Gasteiger partial charge in [0.15, 0.2) is 0 Å². The molecule has 1 amide bonds. The van der Waals surface area contributed by atoms with Crippen LogP contribution in [0.15, 0.2) is 45.3 Å². The average Bonchev–Trinajstić information content (AvgIpc) is 3.14. The topological polar surface area (TPSA) is 104 Å². The first kappa shape index (κ1) is 22.5. The van der Waals surface area contributed by atoms with E-state index in [2.05, 4.69) is 10.3 Å². The molecule has 7 nitrogen and oxygen atoms in total. The van der Waals surface area contributed by atoms with Gasteiger partial charge in [-0.3, -0.25) is 4.79 Å². The molecule has 0 atom stereocenters. The summed E-state index contributed by atoms with van der Waals surface area (Å²) in [6.45, 7) is 3.99. The van der Waals surface area contributed by atoms with E-state index in [4.69, 9.17) is 27.5 Å². The van der Waals surface area contributed by atoms with Crippen LogP contribution in [0.3, 0.4) is 0 Å². The van der Waals surface area contributed by atoms with E-state index < -0.39 is 5.82 Å². The zero-order valence-electron chi connectivity index (χ0n) is 18.2. The third-order valence-corrected chi connectivity index (χ3v) is 6.61. The highest BCUT2D eigenvalue weighted by atomic mass is 35.5. The predicted molar refractivity (Wildman–Crippen MR) is 123 cm³/mol. The SMILES string of the molecule is CC1=N/C(=C2\CN(C(=O)c3ccc(F)cc3O[C@H]3CC[C@@H](N)CC3)CC2=N)NC(C)=C1Cl. The number of nitrogens with one attached hydrogen (secondary N) is 2. The fourth-order valence-electron chi connectivity index (χ4n) is 4.21. The molecule has 4 rings (SSSR count). The van der Waals surface area contributed by atoms with Gasteiger partial charge in [0.25, 0.3) is 5.91 Å². The molecule has 1 aliphatic carbocycles. The molecule has 0 spiro atoms. The first-order valence-corrected chi connectivity index (χ1v) is 11.1. The van der Waals surface area contributed by atoms with Crippen LogP contribution in [0.25, 0.3) is 0 Å². The zero-order valence-corrected chi connectivity index (χ0v) is 18.9. The van der Waals surface area contributed by atoms with Crippen LogP contribution < -0.4 is 15.8 Å². The first-order valence-electron chi connectivity index (χ1n) is 10.7. The summed E-state index contributed by atoms with van der Waals surface area (Å²) in [5, 5.41) is 12.1. The van der Waals surface area contributed by atoms with Crippen LogP contribution in [0, 0.1) is 11.2 Å². The molecule has 1 saturated heterocycles. The maximum Gasteiger partial charge on any atom is 0.258 e. The summed E-state index contributed by atoms with van der Waals surface area (Å²) in [5.74, 6) is -0.0109. The molecule has 9 heteroatoms. The van der Waals surface area contributed by atoms with Crippen molar-refractivity contribution in [2.75, 3.05) is 13.1 Å². The number of carbonyl (C=O) groups excluding carboxylic acids is 1. The van der Waals surface area contributed by atoms with Crippen molar-refractivity contribution in [1.82, 2.24) is 10.2 Å². The van der Waals surface area contributed by atoms with Gasteiger partial charge in [0.1, 0.15) is 17.4 Å². The van der Waals surface area contributed by atoms with Gasteiger partial charge in [-0.15, -0.1) is 0 Å². The van der Waals surface area contributed by atoms with E-state index in [-0.39, 0.29) is 42.5 Å². The van der Waals surface area contributed by atoms with Gasteiger partial charge in [-0.1, -0.05) is 11.6 Å². The van der Waals surface area contributed by atoms with Crippen molar-refractivity contribution in [1.29, 1.82) is 5.41 Å². The number of ether oxygens (including phenoxy) is 1. The van der Waals surface area contributed by atoms with E-state index in [1.54, 1.807) is 11.8 Å². The van der Waals surface area contributed by atoms with E-state index in [1.165, 1.54) is 18.2 Å². The van der Waals surface area contributed by atoms with E-state index in [1.807, 2.05) is 6.92 Å². The lowest BCUT2D eigenvalue weighted by Crippen LogP contribution is -2.33. The molecule has 2 aliphatic heterocycles.